The van der Waals surface area contributed by atoms with Crippen molar-refractivity contribution < 1.29 is 5.11 Å². The first kappa shape index (κ1) is 12.7. The second kappa shape index (κ2) is 4.38. The summed E-state index contributed by atoms with van der Waals surface area (Å²) in [6.45, 7) is 10.7. The summed E-state index contributed by atoms with van der Waals surface area (Å²) < 4.78 is 0. The number of piperidine rings is 1. The zero-order valence-corrected chi connectivity index (χ0v) is 11.9. The molecule has 1 heterocycles. The molecular weight excluding hydrogens is 234 g/mol. The minimum atomic E-state index is 0.142. The highest BCUT2D eigenvalue weighted by molar-refractivity contribution is 5.45. The van der Waals surface area contributed by atoms with Crippen molar-refractivity contribution in [2.75, 3.05) is 13.1 Å². The Morgan fingerprint density at radius 3 is 3.00 bits per heavy atom. The number of rotatable bonds is 2. The van der Waals surface area contributed by atoms with Gasteiger partial charge in [-0.1, -0.05) is 26.0 Å². The molecular formula is C17H23NO. The van der Waals surface area contributed by atoms with Crippen molar-refractivity contribution in [2.24, 2.45) is 0 Å². The number of hydrogen-bond donors (Lipinski definition) is 1. The summed E-state index contributed by atoms with van der Waals surface area (Å²) in [6.07, 6.45) is 4.41. The van der Waals surface area contributed by atoms with E-state index < -0.39 is 0 Å². The zero-order valence-electron chi connectivity index (χ0n) is 11.9. The van der Waals surface area contributed by atoms with Gasteiger partial charge in [0.1, 0.15) is 5.75 Å². The normalized spacial score (nSPS) is 28.7. The van der Waals surface area contributed by atoms with Gasteiger partial charge in [-0.2, -0.15) is 0 Å². The number of hydrogen-bond acceptors (Lipinski definition) is 2. The van der Waals surface area contributed by atoms with Crippen LogP contribution >= 0.6 is 0 Å². The fourth-order valence-electron chi connectivity index (χ4n) is 4.09. The van der Waals surface area contributed by atoms with Crippen LogP contribution in [-0.2, 0) is 5.41 Å². The van der Waals surface area contributed by atoms with Gasteiger partial charge >= 0.3 is 0 Å². The van der Waals surface area contributed by atoms with E-state index in [1.807, 2.05) is 18.2 Å². The average molecular weight is 257 g/mol. The molecule has 0 radical (unpaired) electrons. The maximum atomic E-state index is 9.77. The molecule has 1 aliphatic heterocycles. The lowest BCUT2D eigenvalue weighted by Crippen LogP contribution is -2.54. The summed E-state index contributed by atoms with van der Waals surface area (Å²) >= 11 is 0. The summed E-state index contributed by atoms with van der Waals surface area (Å²) in [7, 11) is 0. The highest BCUT2D eigenvalue weighted by atomic mass is 16.3. The quantitative estimate of drug-likeness (QED) is 0.821. The van der Waals surface area contributed by atoms with Crippen LogP contribution in [0.15, 0.2) is 30.9 Å². The number of phenolic OH excluding ortho intramolecular Hbond substituents is 1. The fourth-order valence-corrected chi connectivity index (χ4v) is 4.09. The van der Waals surface area contributed by atoms with Crippen LogP contribution in [0.3, 0.4) is 0 Å². The van der Waals surface area contributed by atoms with Gasteiger partial charge in [-0.25, -0.2) is 0 Å². The monoisotopic (exact) mass is 257 g/mol. The molecule has 1 fully saturated rings. The highest BCUT2D eigenvalue weighted by Gasteiger charge is 2.45. The van der Waals surface area contributed by atoms with Crippen molar-refractivity contribution in [2.45, 2.75) is 44.1 Å². The standard InChI is InChI=1S/C17H23NO/c1-4-8-18-9-7-12-10-16(18)17(2,3)15-6-5-13(19)11-14(12)15/h4-6,11-12,16,19H,1,7-10H2,2-3H3. The third-order valence-corrected chi connectivity index (χ3v) is 5.08. The van der Waals surface area contributed by atoms with Crippen LogP contribution in [0.4, 0.5) is 0 Å². The molecule has 1 saturated heterocycles. The fraction of sp³-hybridized carbons (Fsp3) is 0.529. The lowest BCUT2D eigenvalue weighted by Gasteiger charge is -2.52. The summed E-state index contributed by atoms with van der Waals surface area (Å²) in [5, 5.41) is 9.77. The topological polar surface area (TPSA) is 23.5 Å². The van der Waals surface area contributed by atoms with Crippen LogP contribution in [0.5, 0.6) is 5.75 Å². The Hall–Kier alpha value is -1.28. The van der Waals surface area contributed by atoms with Gasteiger partial charge in [0.05, 0.1) is 0 Å². The van der Waals surface area contributed by atoms with Gasteiger partial charge in [-0.15, -0.1) is 6.58 Å². The van der Waals surface area contributed by atoms with Crippen molar-refractivity contribution in [3.05, 3.63) is 42.0 Å². The van der Waals surface area contributed by atoms with Crippen molar-refractivity contribution in [1.82, 2.24) is 4.90 Å². The molecule has 0 aromatic heterocycles. The minimum absolute atomic E-state index is 0.142. The third-order valence-electron chi connectivity index (χ3n) is 5.08. The van der Waals surface area contributed by atoms with Crippen molar-refractivity contribution in [3.8, 4) is 5.75 Å². The number of likely N-dealkylation sites (tertiary alicyclic amines) is 1. The van der Waals surface area contributed by atoms with Crippen LogP contribution in [0.1, 0.15) is 43.7 Å². The van der Waals surface area contributed by atoms with Gasteiger partial charge in [0.25, 0.3) is 0 Å². The van der Waals surface area contributed by atoms with Crippen molar-refractivity contribution in [3.63, 3.8) is 0 Å². The molecule has 1 aromatic rings. The second-order valence-corrected chi connectivity index (χ2v) is 6.51. The zero-order chi connectivity index (χ0) is 13.6. The van der Waals surface area contributed by atoms with E-state index in [0.717, 1.165) is 13.1 Å². The molecule has 2 heteroatoms. The van der Waals surface area contributed by atoms with Crippen molar-refractivity contribution >= 4 is 0 Å². The van der Waals surface area contributed by atoms with Gasteiger partial charge in [-0.05, 0) is 48.6 Å². The van der Waals surface area contributed by atoms with E-state index in [1.54, 1.807) is 0 Å². The van der Waals surface area contributed by atoms with Gasteiger partial charge in [-0.3, -0.25) is 4.90 Å². The SMILES string of the molecule is C=CCN1CCC2CC1C(C)(C)c1ccc(O)cc12. The number of nitrogens with zero attached hydrogens (tertiary/aromatic N) is 1. The largest absolute Gasteiger partial charge is 0.508 e. The van der Waals surface area contributed by atoms with Crippen LogP contribution in [-0.4, -0.2) is 29.1 Å². The van der Waals surface area contributed by atoms with E-state index in [1.165, 1.54) is 24.0 Å². The Labute approximate surface area is 115 Å². The van der Waals surface area contributed by atoms with Gasteiger partial charge in [0.2, 0.25) is 0 Å². The van der Waals surface area contributed by atoms with E-state index in [2.05, 4.69) is 31.4 Å². The number of benzene rings is 1. The molecule has 0 amide bonds. The Kier molecular flexibility index (Phi) is 2.94. The molecule has 19 heavy (non-hydrogen) atoms. The summed E-state index contributed by atoms with van der Waals surface area (Å²) in [5.74, 6) is 1.02. The van der Waals surface area contributed by atoms with Gasteiger partial charge in [0.15, 0.2) is 0 Å². The van der Waals surface area contributed by atoms with E-state index in [-0.39, 0.29) is 5.41 Å². The van der Waals surface area contributed by atoms with E-state index in [9.17, 15) is 5.11 Å². The van der Waals surface area contributed by atoms with E-state index >= 15 is 0 Å². The molecule has 2 nitrogen and oxygen atoms in total. The molecule has 1 aromatic carbocycles. The molecule has 1 N–H and O–H groups in total. The molecule has 3 rings (SSSR count). The summed E-state index contributed by atoms with van der Waals surface area (Å²) in [4.78, 5) is 2.57. The smallest absolute Gasteiger partial charge is 0.115 e. The Morgan fingerprint density at radius 2 is 2.26 bits per heavy atom. The molecule has 2 bridgehead atoms. The molecule has 2 atom stereocenters. The highest BCUT2D eigenvalue weighted by Crippen LogP contribution is 2.49. The lowest BCUT2D eigenvalue weighted by molar-refractivity contribution is 0.0802. The van der Waals surface area contributed by atoms with Crippen LogP contribution in [0.25, 0.3) is 0 Å². The predicted octanol–water partition coefficient (Wildman–Crippen LogP) is 3.42. The lowest BCUT2D eigenvalue weighted by atomic mass is 9.62. The third kappa shape index (κ3) is 1.90. The molecule has 2 unspecified atom stereocenters. The Balaban J connectivity index is 2.07. The van der Waals surface area contributed by atoms with Crippen LogP contribution < -0.4 is 0 Å². The minimum Gasteiger partial charge on any atom is -0.508 e. The van der Waals surface area contributed by atoms with E-state index in [0.29, 0.717) is 17.7 Å². The molecule has 0 saturated carbocycles. The first-order chi connectivity index (χ1) is 9.04. The second-order valence-electron chi connectivity index (χ2n) is 6.51. The first-order valence-corrected chi connectivity index (χ1v) is 7.22. The molecule has 102 valence electrons. The first-order valence-electron chi connectivity index (χ1n) is 7.22. The molecule has 2 aliphatic rings. The van der Waals surface area contributed by atoms with E-state index in [4.69, 9.17) is 0 Å². The predicted molar refractivity (Wildman–Crippen MR) is 78.7 cm³/mol. The average Bonchev–Trinajstić information content (AvgIpc) is 2.38. The van der Waals surface area contributed by atoms with Gasteiger partial charge < -0.3 is 5.11 Å². The maximum absolute atomic E-state index is 9.77. The Bertz CT molecular complexity index is 506. The molecule has 0 spiro atoms. The van der Waals surface area contributed by atoms with Crippen molar-refractivity contribution in [1.29, 1.82) is 0 Å². The van der Waals surface area contributed by atoms with Crippen LogP contribution in [0.2, 0.25) is 0 Å². The number of phenols is 1. The number of fused-ring (bicyclic) bond motifs is 4. The maximum Gasteiger partial charge on any atom is 0.115 e. The summed E-state index contributed by atoms with van der Waals surface area (Å²) in [5.41, 5.74) is 2.93. The molecule has 1 aliphatic carbocycles. The Morgan fingerprint density at radius 1 is 1.47 bits per heavy atom. The van der Waals surface area contributed by atoms with Gasteiger partial charge in [0, 0.05) is 18.0 Å². The van der Waals surface area contributed by atoms with Crippen LogP contribution in [0, 0.1) is 0 Å². The number of aromatic hydroxyl groups is 1. The summed E-state index contributed by atoms with van der Waals surface area (Å²) in [6, 6.07) is 6.53.